The second-order valence-electron chi connectivity index (χ2n) is 4.49. The molecule has 0 fully saturated rings. The van der Waals surface area contributed by atoms with E-state index >= 15 is 0 Å². The minimum absolute atomic E-state index is 0.0228. The van der Waals surface area contributed by atoms with Crippen molar-refractivity contribution in [2.24, 2.45) is 4.99 Å². The number of nitrogens with zero attached hydrogens (tertiary/aromatic N) is 3. The van der Waals surface area contributed by atoms with E-state index < -0.39 is 21.0 Å². The van der Waals surface area contributed by atoms with Gasteiger partial charge < -0.3 is 5.32 Å². The van der Waals surface area contributed by atoms with Crippen LogP contribution in [0.3, 0.4) is 0 Å². The third-order valence-electron chi connectivity index (χ3n) is 2.69. The lowest BCUT2D eigenvalue weighted by molar-refractivity contribution is -0.115. The zero-order valence-corrected chi connectivity index (χ0v) is 14.0. The quantitative estimate of drug-likeness (QED) is 0.798. The normalized spacial score (nSPS) is 13.6. The van der Waals surface area contributed by atoms with Crippen molar-refractivity contribution < 1.29 is 13.2 Å². The SMILES string of the molecule is C=C(C=N/C=C\C)n1cc(NC(=O)C(C)S(C)(=O)=O)c(Cl)n1. The topological polar surface area (TPSA) is 93.4 Å². The zero-order chi connectivity index (χ0) is 16.9. The average Bonchev–Trinajstić information content (AvgIpc) is 2.78. The Morgan fingerprint density at radius 3 is 2.77 bits per heavy atom. The average molecular weight is 345 g/mol. The fraction of sp³-hybridized carbons (Fsp3) is 0.308. The number of allylic oxidation sites excluding steroid dienone is 2. The van der Waals surface area contributed by atoms with E-state index in [4.69, 9.17) is 11.6 Å². The van der Waals surface area contributed by atoms with Gasteiger partial charge in [-0.05, 0) is 13.8 Å². The molecule has 1 heterocycles. The maximum absolute atomic E-state index is 11.9. The van der Waals surface area contributed by atoms with Crippen molar-refractivity contribution in [1.82, 2.24) is 9.78 Å². The lowest BCUT2D eigenvalue weighted by Crippen LogP contribution is -2.31. The van der Waals surface area contributed by atoms with Crippen molar-refractivity contribution >= 4 is 44.9 Å². The summed E-state index contributed by atoms with van der Waals surface area (Å²) in [6.07, 6.45) is 7.21. The van der Waals surface area contributed by atoms with Gasteiger partial charge >= 0.3 is 0 Å². The molecule has 7 nitrogen and oxygen atoms in total. The fourth-order valence-corrected chi connectivity index (χ4v) is 1.91. The monoisotopic (exact) mass is 344 g/mol. The first-order valence-electron chi connectivity index (χ1n) is 6.25. The molecule has 1 N–H and O–H groups in total. The van der Waals surface area contributed by atoms with Crippen LogP contribution in [0.1, 0.15) is 13.8 Å². The van der Waals surface area contributed by atoms with Crippen molar-refractivity contribution in [3.8, 4) is 0 Å². The number of aromatic nitrogens is 2. The summed E-state index contributed by atoms with van der Waals surface area (Å²) in [4.78, 5) is 15.8. The largest absolute Gasteiger partial charge is 0.321 e. The van der Waals surface area contributed by atoms with Gasteiger partial charge in [-0.1, -0.05) is 24.3 Å². The predicted octanol–water partition coefficient (Wildman–Crippen LogP) is 1.98. The number of hydrogen-bond acceptors (Lipinski definition) is 5. The van der Waals surface area contributed by atoms with Crippen LogP contribution in [0.25, 0.3) is 5.70 Å². The van der Waals surface area contributed by atoms with E-state index in [9.17, 15) is 13.2 Å². The van der Waals surface area contributed by atoms with Crippen molar-refractivity contribution in [3.05, 3.63) is 30.2 Å². The summed E-state index contributed by atoms with van der Waals surface area (Å²) in [6.45, 7) is 6.87. The molecule has 1 atom stereocenters. The third kappa shape index (κ3) is 4.81. The number of carbonyl (C=O) groups is 1. The van der Waals surface area contributed by atoms with Crippen LogP contribution in [0, 0.1) is 0 Å². The number of nitrogens with one attached hydrogen (secondary N) is 1. The molecule has 1 unspecified atom stereocenters. The minimum Gasteiger partial charge on any atom is -0.321 e. The van der Waals surface area contributed by atoms with E-state index in [-0.39, 0.29) is 10.8 Å². The van der Waals surface area contributed by atoms with Crippen molar-refractivity contribution in [1.29, 1.82) is 0 Å². The second-order valence-corrected chi connectivity index (χ2v) is 7.22. The van der Waals surface area contributed by atoms with Gasteiger partial charge in [0.1, 0.15) is 5.25 Å². The Labute approximate surface area is 134 Å². The van der Waals surface area contributed by atoms with Gasteiger partial charge in [-0.3, -0.25) is 9.79 Å². The van der Waals surface area contributed by atoms with Gasteiger partial charge in [-0.15, -0.1) is 0 Å². The summed E-state index contributed by atoms with van der Waals surface area (Å²) >= 11 is 5.92. The summed E-state index contributed by atoms with van der Waals surface area (Å²) in [5.74, 6) is -0.683. The highest BCUT2D eigenvalue weighted by atomic mass is 35.5. The maximum atomic E-state index is 11.9. The van der Waals surface area contributed by atoms with Gasteiger partial charge in [0.15, 0.2) is 15.0 Å². The third-order valence-corrected chi connectivity index (χ3v) is 4.47. The second kappa shape index (κ2) is 7.37. The summed E-state index contributed by atoms with van der Waals surface area (Å²) in [5.41, 5.74) is 0.624. The highest BCUT2D eigenvalue weighted by Crippen LogP contribution is 2.21. The van der Waals surface area contributed by atoms with E-state index in [0.717, 1.165) is 6.26 Å². The molecule has 0 spiro atoms. The van der Waals surface area contributed by atoms with E-state index in [1.807, 2.05) is 6.92 Å². The molecule has 0 aliphatic heterocycles. The van der Waals surface area contributed by atoms with Crippen LogP contribution in [0.5, 0.6) is 0 Å². The Balaban J connectivity index is 2.91. The van der Waals surface area contributed by atoms with Crippen LogP contribution in [-0.4, -0.2) is 41.8 Å². The Kier molecular flexibility index (Phi) is 6.07. The van der Waals surface area contributed by atoms with Gasteiger partial charge in [-0.2, -0.15) is 5.10 Å². The molecule has 9 heteroatoms. The Bertz CT molecular complexity index is 734. The van der Waals surface area contributed by atoms with Gasteiger partial charge in [0.05, 0.1) is 23.8 Å². The number of aliphatic imine (C=N–C) groups is 1. The minimum atomic E-state index is -3.49. The van der Waals surface area contributed by atoms with Crippen LogP contribution >= 0.6 is 11.6 Å². The molecule has 1 rings (SSSR count). The number of amides is 1. The number of rotatable bonds is 6. The molecule has 0 aliphatic carbocycles. The van der Waals surface area contributed by atoms with Crippen LogP contribution in [0.4, 0.5) is 5.69 Å². The van der Waals surface area contributed by atoms with Crippen LogP contribution < -0.4 is 5.32 Å². The molecule has 1 amide bonds. The lowest BCUT2D eigenvalue weighted by Gasteiger charge is -2.08. The molecule has 1 aromatic heterocycles. The van der Waals surface area contributed by atoms with Crippen molar-refractivity contribution in [2.45, 2.75) is 19.1 Å². The van der Waals surface area contributed by atoms with Gasteiger partial charge in [0.25, 0.3) is 0 Å². The first-order chi connectivity index (χ1) is 10.2. The van der Waals surface area contributed by atoms with Crippen LogP contribution in [-0.2, 0) is 14.6 Å². The van der Waals surface area contributed by atoms with Crippen LogP contribution in [0.2, 0.25) is 5.15 Å². The number of sulfone groups is 1. The molecule has 0 saturated heterocycles. The number of halogens is 1. The maximum Gasteiger partial charge on any atom is 0.242 e. The lowest BCUT2D eigenvalue weighted by atomic mass is 10.4. The summed E-state index contributed by atoms with van der Waals surface area (Å²) in [5, 5.41) is 5.23. The predicted molar refractivity (Wildman–Crippen MR) is 88.8 cm³/mol. The Hall–Kier alpha value is -1.93. The molecule has 1 aromatic rings. The molecule has 22 heavy (non-hydrogen) atoms. The first-order valence-corrected chi connectivity index (χ1v) is 8.58. The van der Waals surface area contributed by atoms with Gasteiger partial charge in [0.2, 0.25) is 5.91 Å². The zero-order valence-electron chi connectivity index (χ0n) is 12.4. The molecular formula is C13H17ClN4O3S. The highest BCUT2D eigenvalue weighted by Gasteiger charge is 2.24. The molecule has 0 radical (unpaired) electrons. The van der Waals surface area contributed by atoms with E-state index in [1.165, 1.54) is 24.0 Å². The Morgan fingerprint density at radius 1 is 1.59 bits per heavy atom. The van der Waals surface area contributed by atoms with Crippen LogP contribution in [0.15, 0.2) is 30.0 Å². The molecule has 0 aliphatic rings. The molecular weight excluding hydrogens is 328 g/mol. The molecule has 120 valence electrons. The number of anilines is 1. The van der Waals surface area contributed by atoms with E-state index in [2.05, 4.69) is 22.0 Å². The highest BCUT2D eigenvalue weighted by molar-refractivity contribution is 7.92. The summed E-state index contributed by atoms with van der Waals surface area (Å²) < 4.78 is 24.0. The van der Waals surface area contributed by atoms with E-state index in [0.29, 0.717) is 5.70 Å². The van der Waals surface area contributed by atoms with Gasteiger partial charge in [-0.25, -0.2) is 13.1 Å². The smallest absolute Gasteiger partial charge is 0.242 e. The number of hydrogen-bond donors (Lipinski definition) is 1. The van der Waals surface area contributed by atoms with Crippen molar-refractivity contribution in [3.63, 3.8) is 0 Å². The summed E-state index contributed by atoms with van der Waals surface area (Å²) in [7, 11) is -3.49. The fourth-order valence-electron chi connectivity index (χ4n) is 1.29. The van der Waals surface area contributed by atoms with Crippen molar-refractivity contribution in [2.75, 3.05) is 11.6 Å². The number of carbonyl (C=O) groups excluding carboxylic acids is 1. The standard InChI is InChI=1S/C13H17ClN4O3S/c1-5-6-15-7-9(2)18-8-11(12(14)17-18)16-13(19)10(3)22(4,20)21/h5-8,10H,2H2,1,3-4H3,(H,16,19)/b6-5-,15-7?. The Morgan fingerprint density at radius 2 is 2.23 bits per heavy atom. The first kappa shape index (κ1) is 18.1. The van der Waals surface area contributed by atoms with E-state index in [1.54, 1.807) is 12.3 Å². The van der Waals surface area contributed by atoms with Gasteiger partial charge in [0, 0.05) is 12.5 Å². The summed E-state index contributed by atoms with van der Waals surface area (Å²) in [6, 6.07) is 0. The molecule has 0 saturated carbocycles. The molecule has 0 bridgehead atoms. The molecule has 0 aromatic carbocycles.